The Labute approximate surface area is 114 Å². The quantitative estimate of drug-likeness (QED) is 0.790. The van der Waals surface area contributed by atoms with Crippen LogP contribution in [0, 0.1) is 11.7 Å². The standard InChI is InChI=1S/C13H21FN2O2S/c1-9(2)4-5-10(3)16-19(17,18)13-8-11(15)6-7-12(13)14/h6-10,16H,4-5,15H2,1-3H3. The van der Waals surface area contributed by atoms with Crippen LogP contribution in [0.3, 0.4) is 0 Å². The van der Waals surface area contributed by atoms with E-state index in [1.54, 1.807) is 6.92 Å². The van der Waals surface area contributed by atoms with Crippen molar-refractivity contribution in [2.75, 3.05) is 5.73 Å². The van der Waals surface area contributed by atoms with Gasteiger partial charge in [0.2, 0.25) is 10.0 Å². The summed E-state index contributed by atoms with van der Waals surface area (Å²) >= 11 is 0. The molecule has 0 heterocycles. The van der Waals surface area contributed by atoms with Gasteiger partial charge in [-0.05, 0) is 43.9 Å². The lowest BCUT2D eigenvalue weighted by Gasteiger charge is -2.15. The second kappa shape index (κ2) is 6.34. The summed E-state index contributed by atoms with van der Waals surface area (Å²) in [5.41, 5.74) is 5.71. The zero-order valence-corrected chi connectivity index (χ0v) is 12.3. The Morgan fingerprint density at radius 3 is 2.47 bits per heavy atom. The van der Waals surface area contributed by atoms with Crippen molar-refractivity contribution in [1.82, 2.24) is 4.72 Å². The van der Waals surface area contributed by atoms with Gasteiger partial charge in [-0.15, -0.1) is 0 Å². The summed E-state index contributed by atoms with van der Waals surface area (Å²) in [4.78, 5) is -0.399. The summed E-state index contributed by atoms with van der Waals surface area (Å²) in [5, 5.41) is 0. The molecule has 1 aromatic rings. The van der Waals surface area contributed by atoms with Crippen molar-refractivity contribution < 1.29 is 12.8 Å². The second-order valence-electron chi connectivity index (χ2n) is 5.18. The smallest absolute Gasteiger partial charge is 0.243 e. The van der Waals surface area contributed by atoms with Crippen LogP contribution in [0.15, 0.2) is 23.1 Å². The van der Waals surface area contributed by atoms with Gasteiger partial charge in [-0.1, -0.05) is 13.8 Å². The van der Waals surface area contributed by atoms with Gasteiger partial charge in [0.25, 0.3) is 0 Å². The Balaban J connectivity index is 2.83. The summed E-state index contributed by atoms with van der Waals surface area (Å²) < 4.78 is 40.1. The molecule has 0 amide bonds. The van der Waals surface area contributed by atoms with E-state index in [0.29, 0.717) is 12.3 Å². The van der Waals surface area contributed by atoms with Gasteiger partial charge < -0.3 is 5.73 Å². The van der Waals surface area contributed by atoms with Crippen LogP contribution in [0.1, 0.15) is 33.6 Å². The minimum absolute atomic E-state index is 0.219. The van der Waals surface area contributed by atoms with Crippen LogP contribution in [0.4, 0.5) is 10.1 Å². The summed E-state index contributed by atoms with van der Waals surface area (Å²) in [6, 6.07) is 3.28. The molecule has 0 bridgehead atoms. The molecule has 0 aromatic heterocycles. The van der Waals surface area contributed by atoms with Crippen molar-refractivity contribution in [3.8, 4) is 0 Å². The lowest BCUT2D eigenvalue weighted by atomic mass is 10.1. The summed E-state index contributed by atoms with van der Waals surface area (Å²) in [6.07, 6.45) is 1.62. The fourth-order valence-electron chi connectivity index (χ4n) is 1.70. The van der Waals surface area contributed by atoms with Crippen molar-refractivity contribution >= 4 is 15.7 Å². The minimum Gasteiger partial charge on any atom is -0.399 e. The maximum Gasteiger partial charge on any atom is 0.243 e. The predicted octanol–water partition coefficient (Wildman–Crippen LogP) is 2.51. The van der Waals surface area contributed by atoms with Crippen molar-refractivity contribution in [2.45, 2.75) is 44.6 Å². The molecule has 3 N–H and O–H groups in total. The summed E-state index contributed by atoms with van der Waals surface area (Å²) in [6.45, 7) is 5.90. The van der Waals surface area contributed by atoms with Gasteiger partial charge in [0.1, 0.15) is 10.7 Å². The molecule has 6 heteroatoms. The minimum atomic E-state index is -3.87. The number of nitrogens with two attached hydrogens (primary N) is 1. The number of benzene rings is 1. The van der Waals surface area contributed by atoms with Crippen LogP contribution >= 0.6 is 0 Å². The first-order chi connectivity index (χ1) is 8.72. The fraction of sp³-hybridized carbons (Fsp3) is 0.538. The van der Waals surface area contributed by atoms with Crippen LogP contribution in [0.5, 0.6) is 0 Å². The third kappa shape index (κ3) is 4.80. The van der Waals surface area contributed by atoms with E-state index in [1.165, 1.54) is 6.07 Å². The van der Waals surface area contributed by atoms with Gasteiger partial charge in [-0.25, -0.2) is 17.5 Å². The number of hydrogen-bond donors (Lipinski definition) is 2. The van der Waals surface area contributed by atoms with E-state index >= 15 is 0 Å². The lowest BCUT2D eigenvalue weighted by Crippen LogP contribution is -2.33. The normalized spacial score (nSPS) is 13.7. The number of sulfonamides is 1. The van der Waals surface area contributed by atoms with E-state index in [4.69, 9.17) is 5.73 Å². The Hall–Kier alpha value is -1.14. The lowest BCUT2D eigenvalue weighted by molar-refractivity contribution is 0.483. The molecule has 0 fully saturated rings. The van der Waals surface area contributed by atoms with E-state index in [0.717, 1.165) is 18.6 Å². The highest BCUT2D eigenvalue weighted by Crippen LogP contribution is 2.18. The summed E-state index contributed by atoms with van der Waals surface area (Å²) in [7, 11) is -3.87. The number of rotatable bonds is 6. The molecule has 0 aliphatic heterocycles. The maximum absolute atomic E-state index is 13.6. The predicted molar refractivity (Wildman–Crippen MR) is 74.7 cm³/mol. The molecule has 1 atom stereocenters. The first-order valence-corrected chi connectivity index (χ1v) is 7.78. The Kier molecular flexibility index (Phi) is 5.31. The average molecular weight is 288 g/mol. The molecular formula is C13H21FN2O2S. The van der Waals surface area contributed by atoms with Crippen molar-refractivity contribution in [2.24, 2.45) is 5.92 Å². The van der Waals surface area contributed by atoms with E-state index in [9.17, 15) is 12.8 Å². The largest absolute Gasteiger partial charge is 0.399 e. The van der Waals surface area contributed by atoms with E-state index in [1.807, 2.05) is 0 Å². The van der Waals surface area contributed by atoms with Crippen LogP contribution < -0.4 is 10.5 Å². The van der Waals surface area contributed by atoms with Crippen LogP contribution in [-0.2, 0) is 10.0 Å². The molecule has 108 valence electrons. The molecule has 1 unspecified atom stereocenters. The highest BCUT2D eigenvalue weighted by Gasteiger charge is 2.21. The number of anilines is 1. The number of halogens is 1. The van der Waals surface area contributed by atoms with Crippen LogP contribution in [0.2, 0.25) is 0 Å². The zero-order valence-electron chi connectivity index (χ0n) is 11.5. The van der Waals surface area contributed by atoms with Gasteiger partial charge in [0, 0.05) is 11.7 Å². The van der Waals surface area contributed by atoms with Gasteiger partial charge >= 0.3 is 0 Å². The van der Waals surface area contributed by atoms with E-state index in [2.05, 4.69) is 18.6 Å². The zero-order chi connectivity index (χ0) is 14.6. The topological polar surface area (TPSA) is 72.2 Å². The number of hydrogen-bond acceptors (Lipinski definition) is 3. The number of nitrogens with one attached hydrogen (secondary N) is 1. The van der Waals surface area contributed by atoms with Gasteiger partial charge in [-0.3, -0.25) is 0 Å². The maximum atomic E-state index is 13.6. The molecule has 1 rings (SSSR count). The monoisotopic (exact) mass is 288 g/mol. The second-order valence-corrected chi connectivity index (χ2v) is 6.87. The van der Waals surface area contributed by atoms with Crippen LogP contribution in [-0.4, -0.2) is 14.5 Å². The molecule has 0 radical (unpaired) electrons. The SMILES string of the molecule is CC(C)CCC(C)NS(=O)(=O)c1cc(N)ccc1F. The highest BCUT2D eigenvalue weighted by molar-refractivity contribution is 7.89. The molecule has 4 nitrogen and oxygen atoms in total. The molecule has 0 aliphatic rings. The van der Waals surface area contributed by atoms with Crippen molar-refractivity contribution in [3.63, 3.8) is 0 Å². The van der Waals surface area contributed by atoms with Crippen LogP contribution in [0.25, 0.3) is 0 Å². The van der Waals surface area contributed by atoms with E-state index < -0.39 is 20.7 Å². The summed E-state index contributed by atoms with van der Waals surface area (Å²) in [5.74, 6) is -0.297. The van der Waals surface area contributed by atoms with E-state index in [-0.39, 0.29) is 11.7 Å². The van der Waals surface area contributed by atoms with Gasteiger partial charge in [-0.2, -0.15) is 0 Å². The Morgan fingerprint density at radius 1 is 1.26 bits per heavy atom. The Bertz CT molecular complexity index is 529. The molecule has 1 aromatic carbocycles. The van der Waals surface area contributed by atoms with Crippen molar-refractivity contribution in [1.29, 1.82) is 0 Å². The highest BCUT2D eigenvalue weighted by atomic mass is 32.2. The van der Waals surface area contributed by atoms with Gasteiger partial charge in [0.05, 0.1) is 0 Å². The molecule has 0 saturated heterocycles. The average Bonchev–Trinajstić information content (AvgIpc) is 2.29. The molecule has 0 spiro atoms. The Morgan fingerprint density at radius 2 is 1.89 bits per heavy atom. The fourth-order valence-corrected chi connectivity index (χ4v) is 3.09. The molecular weight excluding hydrogens is 267 g/mol. The molecule has 0 aliphatic carbocycles. The third-order valence-electron chi connectivity index (χ3n) is 2.78. The molecule has 0 saturated carbocycles. The first-order valence-electron chi connectivity index (χ1n) is 6.29. The van der Waals surface area contributed by atoms with Gasteiger partial charge in [0.15, 0.2) is 0 Å². The van der Waals surface area contributed by atoms with Crippen molar-refractivity contribution in [3.05, 3.63) is 24.0 Å². The number of nitrogen functional groups attached to an aromatic ring is 1. The third-order valence-corrected chi connectivity index (χ3v) is 4.38. The molecule has 19 heavy (non-hydrogen) atoms. The first kappa shape index (κ1) is 15.9.